The summed E-state index contributed by atoms with van der Waals surface area (Å²) >= 11 is 0. The largest absolute Gasteiger partial charge is 0.573 e. The van der Waals surface area contributed by atoms with Gasteiger partial charge in [-0.05, 0) is 66.1 Å². The minimum Gasteiger partial charge on any atom is -0.406 e. The SMILES string of the molecule is Cc1cc(N2CCN(Cc3ccccc3)CC2)nc2ccc(NC(=O)C=Cc3ccc(OC(F)(F)F)cc3)cc12. The number of amides is 1. The van der Waals surface area contributed by atoms with E-state index in [0.717, 1.165) is 55.0 Å². The van der Waals surface area contributed by atoms with Gasteiger partial charge in [-0.25, -0.2) is 4.98 Å². The maximum Gasteiger partial charge on any atom is 0.573 e. The minimum atomic E-state index is -4.75. The first-order valence-electron chi connectivity index (χ1n) is 13.0. The molecule has 1 aliphatic rings. The van der Waals surface area contributed by atoms with Crippen LogP contribution in [0.3, 0.4) is 0 Å². The average Bonchev–Trinajstić information content (AvgIpc) is 2.93. The van der Waals surface area contributed by atoms with Crippen molar-refractivity contribution in [3.63, 3.8) is 0 Å². The van der Waals surface area contributed by atoms with Crippen LogP contribution in [-0.4, -0.2) is 48.3 Å². The number of nitrogens with one attached hydrogen (secondary N) is 1. The molecule has 0 spiro atoms. The third-order valence-electron chi connectivity index (χ3n) is 6.76. The third kappa shape index (κ3) is 7.18. The van der Waals surface area contributed by atoms with E-state index in [9.17, 15) is 18.0 Å². The normalized spacial score (nSPS) is 14.6. The molecule has 3 aromatic carbocycles. The Morgan fingerprint density at radius 2 is 1.70 bits per heavy atom. The summed E-state index contributed by atoms with van der Waals surface area (Å²) in [7, 11) is 0. The van der Waals surface area contributed by atoms with Crippen molar-refractivity contribution < 1.29 is 22.7 Å². The van der Waals surface area contributed by atoms with Gasteiger partial charge >= 0.3 is 6.36 Å². The number of ether oxygens (including phenoxy) is 1. The van der Waals surface area contributed by atoms with Gasteiger partial charge in [0.15, 0.2) is 0 Å². The fraction of sp³-hybridized carbons (Fsp3) is 0.226. The summed E-state index contributed by atoms with van der Waals surface area (Å²) < 4.78 is 40.8. The van der Waals surface area contributed by atoms with Crippen molar-refractivity contribution in [2.24, 2.45) is 0 Å². The number of halogens is 3. The molecule has 1 fully saturated rings. The predicted octanol–water partition coefficient (Wildman–Crippen LogP) is 6.42. The zero-order valence-corrected chi connectivity index (χ0v) is 22.0. The molecule has 4 aromatic rings. The van der Waals surface area contributed by atoms with E-state index in [-0.39, 0.29) is 11.7 Å². The van der Waals surface area contributed by atoms with Gasteiger partial charge in [0.1, 0.15) is 11.6 Å². The monoisotopic (exact) mass is 546 g/mol. The number of carbonyl (C=O) groups is 1. The molecule has 0 unspecified atom stereocenters. The fourth-order valence-electron chi connectivity index (χ4n) is 4.73. The molecule has 206 valence electrons. The van der Waals surface area contributed by atoms with Gasteiger partial charge in [-0.15, -0.1) is 13.2 Å². The summed E-state index contributed by atoms with van der Waals surface area (Å²) in [5.41, 5.74) is 4.44. The van der Waals surface area contributed by atoms with Crippen LogP contribution in [-0.2, 0) is 11.3 Å². The van der Waals surface area contributed by atoms with Crippen LogP contribution in [0, 0.1) is 6.92 Å². The summed E-state index contributed by atoms with van der Waals surface area (Å²) in [5.74, 6) is 0.282. The maximum absolute atomic E-state index is 12.5. The van der Waals surface area contributed by atoms with E-state index in [1.54, 1.807) is 0 Å². The lowest BCUT2D eigenvalue weighted by Crippen LogP contribution is -2.46. The number of alkyl halides is 3. The number of piperazine rings is 1. The van der Waals surface area contributed by atoms with Crippen molar-refractivity contribution in [2.75, 3.05) is 36.4 Å². The topological polar surface area (TPSA) is 57.7 Å². The van der Waals surface area contributed by atoms with Gasteiger partial charge in [-0.1, -0.05) is 42.5 Å². The van der Waals surface area contributed by atoms with Crippen LogP contribution in [0.5, 0.6) is 5.75 Å². The zero-order valence-electron chi connectivity index (χ0n) is 22.0. The van der Waals surface area contributed by atoms with Crippen molar-refractivity contribution in [2.45, 2.75) is 19.8 Å². The van der Waals surface area contributed by atoms with E-state index in [0.29, 0.717) is 11.3 Å². The molecular formula is C31H29F3N4O2. The van der Waals surface area contributed by atoms with E-state index < -0.39 is 6.36 Å². The number of benzene rings is 3. The second-order valence-electron chi connectivity index (χ2n) is 9.72. The summed E-state index contributed by atoms with van der Waals surface area (Å²) in [6, 6.07) is 23.5. The molecule has 6 nitrogen and oxygen atoms in total. The molecule has 5 rings (SSSR count). The second-order valence-corrected chi connectivity index (χ2v) is 9.72. The molecule has 0 bridgehead atoms. The van der Waals surface area contributed by atoms with Crippen molar-refractivity contribution in [3.8, 4) is 5.75 Å². The van der Waals surface area contributed by atoms with Crippen LogP contribution in [0.2, 0.25) is 0 Å². The highest BCUT2D eigenvalue weighted by molar-refractivity contribution is 6.03. The number of nitrogens with zero attached hydrogens (tertiary/aromatic N) is 3. The number of aryl methyl sites for hydroxylation is 1. The Balaban J connectivity index is 1.19. The van der Waals surface area contributed by atoms with E-state index >= 15 is 0 Å². The molecule has 2 heterocycles. The lowest BCUT2D eigenvalue weighted by molar-refractivity contribution is -0.274. The predicted molar refractivity (Wildman–Crippen MR) is 151 cm³/mol. The van der Waals surface area contributed by atoms with Crippen LogP contribution >= 0.6 is 0 Å². The lowest BCUT2D eigenvalue weighted by Gasteiger charge is -2.35. The van der Waals surface area contributed by atoms with Crippen LogP contribution in [0.4, 0.5) is 24.7 Å². The first-order valence-corrected chi connectivity index (χ1v) is 13.0. The Kier molecular flexibility index (Phi) is 8.02. The Bertz CT molecular complexity index is 1500. The second kappa shape index (κ2) is 11.8. The minimum absolute atomic E-state index is 0.317. The standard InChI is InChI=1S/C31H29F3N4O2/c1-22-19-29(38-17-15-37(16-18-38)21-24-5-3-2-4-6-24)36-28-13-10-25(20-27(22)28)35-30(39)14-9-23-7-11-26(12-8-23)40-31(32,33)34/h2-14,19-20H,15-18,21H2,1H3,(H,35,39). The Morgan fingerprint density at radius 3 is 2.40 bits per heavy atom. The Morgan fingerprint density at radius 1 is 0.975 bits per heavy atom. The van der Waals surface area contributed by atoms with Crippen LogP contribution < -0.4 is 15.0 Å². The van der Waals surface area contributed by atoms with Gasteiger partial charge in [0.05, 0.1) is 5.52 Å². The number of rotatable bonds is 7. The number of carbonyl (C=O) groups excluding carboxylic acids is 1. The Hall–Kier alpha value is -4.37. The molecule has 40 heavy (non-hydrogen) atoms. The number of hydrogen-bond donors (Lipinski definition) is 1. The molecule has 0 saturated carbocycles. The molecule has 1 amide bonds. The van der Waals surface area contributed by atoms with Crippen molar-refractivity contribution in [1.82, 2.24) is 9.88 Å². The maximum atomic E-state index is 12.5. The average molecular weight is 547 g/mol. The van der Waals surface area contributed by atoms with E-state index in [2.05, 4.69) is 50.2 Å². The smallest absolute Gasteiger partial charge is 0.406 e. The zero-order chi connectivity index (χ0) is 28.1. The summed E-state index contributed by atoms with van der Waals surface area (Å²) in [6.45, 7) is 6.74. The summed E-state index contributed by atoms with van der Waals surface area (Å²) in [4.78, 5) is 22.1. The highest BCUT2D eigenvalue weighted by Crippen LogP contribution is 2.27. The van der Waals surface area contributed by atoms with Crippen molar-refractivity contribution in [1.29, 1.82) is 0 Å². The first-order chi connectivity index (χ1) is 19.2. The number of aromatic nitrogens is 1. The molecular weight excluding hydrogens is 517 g/mol. The van der Waals surface area contributed by atoms with Gasteiger partial charge in [-0.3, -0.25) is 9.69 Å². The fourth-order valence-corrected chi connectivity index (χ4v) is 4.73. The number of anilines is 2. The highest BCUT2D eigenvalue weighted by Gasteiger charge is 2.30. The summed E-state index contributed by atoms with van der Waals surface area (Å²) in [5, 5.41) is 3.79. The quantitative estimate of drug-likeness (QED) is 0.271. The van der Waals surface area contributed by atoms with Crippen molar-refractivity contribution >= 4 is 34.4 Å². The molecule has 0 aliphatic carbocycles. The van der Waals surface area contributed by atoms with Crippen LogP contribution in [0.25, 0.3) is 17.0 Å². The van der Waals surface area contributed by atoms with Gasteiger partial charge in [0.25, 0.3) is 0 Å². The number of fused-ring (bicyclic) bond motifs is 1. The molecule has 9 heteroatoms. The molecule has 0 radical (unpaired) electrons. The van der Waals surface area contributed by atoms with E-state index in [1.165, 1.54) is 42.0 Å². The number of pyridine rings is 1. The molecule has 0 atom stereocenters. The summed E-state index contributed by atoms with van der Waals surface area (Å²) in [6.07, 6.45) is -1.90. The molecule has 1 N–H and O–H groups in total. The number of hydrogen-bond acceptors (Lipinski definition) is 5. The van der Waals surface area contributed by atoms with Crippen molar-refractivity contribution in [3.05, 3.63) is 102 Å². The third-order valence-corrected chi connectivity index (χ3v) is 6.76. The van der Waals surface area contributed by atoms with E-state index in [4.69, 9.17) is 4.98 Å². The highest BCUT2D eigenvalue weighted by atomic mass is 19.4. The van der Waals surface area contributed by atoms with Gasteiger partial charge in [-0.2, -0.15) is 0 Å². The van der Waals surface area contributed by atoms with Gasteiger partial charge in [0.2, 0.25) is 5.91 Å². The van der Waals surface area contributed by atoms with Crippen LogP contribution in [0.1, 0.15) is 16.7 Å². The van der Waals surface area contributed by atoms with Gasteiger partial charge in [0, 0.05) is 49.9 Å². The first kappa shape index (κ1) is 27.2. The molecule has 1 saturated heterocycles. The molecule has 1 aromatic heterocycles. The van der Waals surface area contributed by atoms with Gasteiger partial charge < -0.3 is 15.0 Å². The Labute approximate surface area is 230 Å². The molecule has 1 aliphatic heterocycles. The van der Waals surface area contributed by atoms with Crippen LogP contribution in [0.15, 0.2) is 84.9 Å². The lowest BCUT2D eigenvalue weighted by atomic mass is 10.1. The van der Waals surface area contributed by atoms with E-state index in [1.807, 2.05) is 31.2 Å².